The van der Waals surface area contributed by atoms with Crippen molar-refractivity contribution in [3.05, 3.63) is 52.6 Å². The van der Waals surface area contributed by atoms with Gasteiger partial charge in [0.1, 0.15) is 12.4 Å². The van der Waals surface area contributed by atoms with Gasteiger partial charge in [-0.2, -0.15) is 0 Å². The third kappa shape index (κ3) is 3.12. The summed E-state index contributed by atoms with van der Waals surface area (Å²) in [5, 5.41) is 17.9. The summed E-state index contributed by atoms with van der Waals surface area (Å²) in [5.74, 6) is -0.154. The summed E-state index contributed by atoms with van der Waals surface area (Å²) < 4.78 is 5.56. The van der Waals surface area contributed by atoms with Crippen LogP contribution in [0.5, 0.6) is 5.75 Å². The van der Waals surface area contributed by atoms with Gasteiger partial charge in [0.25, 0.3) is 0 Å². The van der Waals surface area contributed by atoms with Crippen molar-refractivity contribution in [3.8, 4) is 16.9 Å². The van der Waals surface area contributed by atoms with E-state index in [0.717, 1.165) is 33.6 Å². The maximum atomic E-state index is 10.9. The molecule has 0 amide bonds. The summed E-state index contributed by atoms with van der Waals surface area (Å²) in [5.41, 5.74) is 5.52. The zero-order chi connectivity index (χ0) is 16.3. The number of hydrogen-bond donors (Lipinski definition) is 2. The van der Waals surface area contributed by atoms with Crippen molar-refractivity contribution in [1.82, 2.24) is 0 Å². The molecule has 2 rings (SSSR count). The van der Waals surface area contributed by atoms with Crippen molar-refractivity contribution in [2.75, 3.05) is 13.2 Å². The smallest absolute Gasteiger partial charge is 0.335 e. The molecule has 2 N–H and O–H groups in total. The van der Waals surface area contributed by atoms with E-state index in [9.17, 15) is 4.79 Å². The van der Waals surface area contributed by atoms with Gasteiger partial charge in [-0.25, -0.2) is 4.79 Å². The van der Waals surface area contributed by atoms with Gasteiger partial charge in [-0.05, 0) is 66.8 Å². The Labute approximate surface area is 130 Å². The molecule has 0 saturated heterocycles. The van der Waals surface area contributed by atoms with Crippen LogP contribution in [-0.4, -0.2) is 29.4 Å². The Morgan fingerprint density at radius 1 is 1.09 bits per heavy atom. The van der Waals surface area contributed by atoms with E-state index in [0.29, 0.717) is 0 Å². The number of aliphatic hydroxyl groups is 1. The molecule has 0 spiro atoms. The highest BCUT2D eigenvalue weighted by Crippen LogP contribution is 2.34. The van der Waals surface area contributed by atoms with Crippen molar-refractivity contribution >= 4 is 5.97 Å². The number of ether oxygens (including phenoxy) is 1. The van der Waals surface area contributed by atoms with Gasteiger partial charge in [0.05, 0.1) is 12.2 Å². The second-order valence-electron chi connectivity index (χ2n) is 5.27. The first kappa shape index (κ1) is 16.0. The maximum Gasteiger partial charge on any atom is 0.335 e. The average Bonchev–Trinajstić information content (AvgIpc) is 2.50. The third-order valence-corrected chi connectivity index (χ3v) is 3.82. The fourth-order valence-corrected chi connectivity index (χ4v) is 2.57. The highest BCUT2D eigenvalue weighted by atomic mass is 16.5. The van der Waals surface area contributed by atoms with Crippen LogP contribution in [0.4, 0.5) is 0 Å². The molecule has 0 atom stereocenters. The molecule has 0 heterocycles. The maximum absolute atomic E-state index is 10.9. The van der Waals surface area contributed by atoms with Crippen LogP contribution in [-0.2, 0) is 0 Å². The lowest BCUT2D eigenvalue weighted by molar-refractivity contribution is 0.0697. The highest BCUT2D eigenvalue weighted by molar-refractivity contribution is 5.88. The molecule has 0 saturated carbocycles. The number of carboxylic acid groups (broad SMARTS) is 1. The minimum absolute atomic E-state index is 0.0179. The predicted molar refractivity (Wildman–Crippen MR) is 85.6 cm³/mol. The standard InChI is InChI=1S/C18H20O4/c1-11-10-16(22-9-8-19)12(2)13(3)17(11)14-4-6-15(7-5-14)18(20)21/h4-7,10,19H,8-9H2,1-3H3,(H,20,21). The molecule has 0 aliphatic heterocycles. The van der Waals surface area contributed by atoms with Gasteiger partial charge in [0.2, 0.25) is 0 Å². The van der Waals surface area contributed by atoms with E-state index in [4.69, 9.17) is 14.9 Å². The van der Waals surface area contributed by atoms with Gasteiger partial charge < -0.3 is 14.9 Å². The van der Waals surface area contributed by atoms with E-state index in [1.807, 2.05) is 39.0 Å². The topological polar surface area (TPSA) is 66.8 Å². The third-order valence-electron chi connectivity index (χ3n) is 3.82. The molecule has 0 fully saturated rings. The molecule has 22 heavy (non-hydrogen) atoms. The summed E-state index contributed by atoms with van der Waals surface area (Å²) in [6.07, 6.45) is 0. The molecule has 0 unspecified atom stereocenters. The van der Waals surface area contributed by atoms with Crippen LogP contribution in [0, 0.1) is 20.8 Å². The second kappa shape index (κ2) is 6.62. The number of rotatable bonds is 5. The Kier molecular flexibility index (Phi) is 4.83. The molecule has 2 aromatic carbocycles. The normalized spacial score (nSPS) is 10.5. The quantitative estimate of drug-likeness (QED) is 0.888. The molecular weight excluding hydrogens is 280 g/mol. The fraction of sp³-hybridized carbons (Fsp3) is 0.278. The van der Waals surface area contributed by atoms with Gasteiger partial charge in [-0.3, -0.25) is 0 Å². The molecule has 0 aliphatic rings. The Bertz CT molecular complexity index is 687. The summed E-state index contributed by atoms with van der Waals surface area (Å²) in [4.78, 5) is 10.9. The first-order valence-corrected chi connectivity index (χ1v) is 7.14. The number of hydrogen-bond acceptors (Lipinski definition) is 3. The van der Waals surface area contributed by atoms with Crippen molar-refractivity contribution in [1.29, 1.82) is 0 Å². The number of aryl methyl sites for hydroxylation is 1. The number of carboxylic acids is 1. The van der Waals surface area contributed by atoms with Crippen LogP contribution in [0.25, 0.3) is 11.1 Å². The Balaban J connectivity index is 2.47. The summed E-state index contributed by atoms with van der Waals surface area (Å²) in [6, 6.07) is 8.83. The van der Waals surface area contributed by atoms with Crippen LogP contribution in [0.3, 0.4) is 0 Å². The minimum atomic E-state index is -0.927. The number of aliphatic hydroxyl groups excluding tert-OH is 1. The summed E-state index contributed by atoms with van der Waals surface area (Å²) >= 11 is 0. The molecule has 4 nitrogen and oxygen atoms in total. The van der Waals surface area contributed by atoms with Gasteiger partial charge in [0, 0.05) is 0 Å². The average molecular weight is 300 g/mol. The monoisotopic (exact) mass is 300 g/mol. The zero-order valence-electron chi connectivity index (χ0n) is 13.0. The van der Waals surface area contributed by atoms with E-state index in [1.165, 1.54) is 0 Å². The Morgan fingerprint density at radius 3 is 2.27 bits per heavy atom. The Morgan fingerprint density at radius 2 is 1.73 bits per heavy atom. The molecule has 0 bridgehead atoms. The van der Waals surface area contributed by atoms with Crippen molar-refractivity contribution < 1.29 is 19.7 Å². The SMILES string of the molecule is Cc1cc(OCCO)c(C)c(C)c1-c1ccc(C(=O)O)cc1. The van der Waals surface area contributed by atoms with Gasteiger partial charge >= 0.3 is 5.97 Å². The van der Waals surface area contributed by atoms with Crippen LogP contribution in [0.2, 0.25) is 0 Å². The number of benzene rings is 2. The van der Waals surface area contributed by atoms with Crippen LogP contribution in [0.15, 0.2) is 30.3 Å². The van der Waals surface area contributed by atoms with Crippen molar-refractivity contribution in [2.45, 2.75) is 20.8 Å². The number of aromatic carboxylic acids is 1. The molecule has 4 heteroatoms. The summed E-state index contributed by atoms with van der Waals surface area (Å²) in [7, 11) is 0. The van der Waals surface area contributed by atoms with Crippen molar-refractivity contribution in [2.24, 2.45) is 0 Å². The molecule has 116 valence electrons. The predicted octanol–water partition coefficient (Wildman–Crippen LogP) is 3.35. The Hall–Kier alpha value is -2.33. The fourth-order valence-electron chi connectivity index (χ4n) is 2.57. The van der Waals surface area contributed by atoms with E-state index in [2.05, 4.69) is 0 Å². The van der Waals surface area contributed by atoms with Crippen LogP contribution in [0.1, 0.15) is 27.0 Å². The van der Waals surface area contributed by atoms with E-state index in [1.54, 1.807) is 12.1 Å². The van der Waals surface area contributed by atoms with E-state index < -0.39 is 5.97 Å². The molecule has 0 aliphatic carbocycles. The minimum Gasteiger partial charge on any atom is -0.491 e. The first-order valence-electron chi connectivity index (χ1n) is 7.14. The molecule has 2 aromatic rings. The zero-order valence-corrected chi connectivity index (χ0v) is 13.0. The van der Waals surface area contributed by atoms with Gasteiger partial charge in [-0.1, -0.05) is 12.1 Å². The van der Waals surface area contributed by atoms with E-state index in [-0.39, 0.29) is 18.8 Å². The second-order valence-corrected chi connectivity index (χ2v) is 5.27. The first-order chi connectivity index (χ1) is 10.5. The van der Waals surface area contributed by atoms with Gasteiger partial charge in [0.15, 0.2) is 0 Å². The molecule has 0 radical (unpaired) electrons. The van der Waals surface area contributed by atoms with Crippen LogP contribution >= 0.6 is 0 Å². The molecule has 0 aromatic heterocycles. The van der Waals surface area contributed by atoms with Gasteiger partial charge in [-0.15, -0.1) is 0 Å². The lowest BCUT2D eigenvalue weighted by atomic mass is 9.91. The number of carbonyl (C=O) groups is 1. The van der Waals surface area contributed by atoms with Crippen molar-refractivity contribution in [3.63, 3.8) is 0 Å². The largest absolute Gasteiger partial charge is 0.491 e. The highest BCUT2D eigenvalue weighted by Gasteiger charge is 2.13. The lowest BCUT2D eigenvalue weighted by Gasteiger charge is -2.17. The van der Waals surface area contributed by atoms with Crippen LogP contribution < -0.4 is 4.74 Å². The van der Waals surface area contributed by atoms with E-state index >= 15 is 0 Å². The summed E-state index contributed by atoms with van der Waals surface area (Å²) in [6.45, 7) is 6.26. The molecular formula is C18H20O4. The lowest BCUT2D eigenvalue weighted by Crippen LogP contribution is -2.05.